The molecule has 2 aromatic heterocycles. The highest BCUT2D eigenvalue weighted by Gasteiger charge is 2.27. The minimum Gasteiger partial charge on any atom is -0.624 e. The first kappa shape index (κ1) is 30.8. The van der Waals surface area contributed by atoms with E-state index >= 15 is 0 Å². The van der Waals surface area contributed by atoms with E-state index in [0.717, 1.165) is 0 Å². The van der Waals surface area contributed by atoms with E-state index in [4.69, 9.17) is 5.32 Å². The smallest absolute Gasteiger partial charge is 0.0821 e. The molecule has 54 heavy (non-hydrogen) atoms. The molecule has 3 unspecified atom stereocenters. The van der Waals surface area contributed by atoms with Gasteiger partial charge >= 0.3 is 0 Å². The van der Waals surface area contributed by atoms with Crippen molar-refractivity contribution in [1.29, 1.82) is 0 Å². The summed E-state index contributed by atoms with van der Waals surface area (Å²) in [7, 11) is 0. The van der Waals surface area contributed by atoms with Crippen LogP contribution in [0.2, 0.25) is 0 Å². The van der Waals surface area contributed by atoms with Crippen LogP contribution in [0.3, 0.4) is 0 Å². The Hall–Kier alpha value is -5.66. The molecule has 0 saturated carbocycles. The molecule has 3 nitrogen and oxygen atoms in total. The number of rotatable bonds is 3. The number of nitrogens with one attached hydrogen (secondary N) is 2. The number of nitrogens with zero attached hydrogens (tertiary/aromatic N) is 1. The van der Waals surface area contributed by atoms with E-state index in [1.165, 1.54) is 100 Å². The number of hydrogen-bond donors (Lipinski definition) is 2. The molecule has 0 amide bonds. The Kier molecular flexibility index (Phi) is 6.79. The second kappa shape index (κ2) is 11.9. The lowest BCUT2D eigenvalue weighted by atomic mass is 9.88. The molecule has 1 aliphatic rings. The lowest BCUT2D eigenvalue weighted by Crippen LogP contribution is -2.44. The minimum absolute atomic E-state index is 0.165. The van der Waals surface area contributed by atoms with Crippen LogP contribution >= 0.6 is 22.7 Å². The van der Waals surface area contributed by atoms with Gasteiger partial charge in [0.1, 0.15) is 0 Å². The van der Waals surface area contributed by atoms with E-state index in [1.807, 2.05) is 22.7 Å². The van der Waals surface area contributed by atoms with Gasteiger partial charge in [0.15, 0.2) is 0 Å². The molecule has 256 valence electrons. The van der Waals surface area contributed by atoms with Gasteiger partial charge in [-0.3, -0.25) is 0 Å². The molecule has 11 aromatic rings. The maximum atomic E-state index is 5.75. The van der Waals surface area contributed by atoms with Crippen molar-refractivity contribution in [2.24, 2.45) is 0 Å². The van der Waals surface area contributed by atoms with Crippen molar-refractivity contribution in [1.82, 2.24) is 10.6 Å². The molecule has 0 bridgehead atoms. The summed E-state index contributed by atoms with van der Waals surface area (Å²) < 4.78 is 5.20. The molecule has 3 atom stereocenters. The van der Waals surface area contributed by atoms with Gasteiger partial charge in [-0.15, -0.1) is 22.7 Å². The highest BCUT2D eigenvalue weighted by atomic mass is 32.1. The van der Waals surface area contributed by atoms with Gasteiger partial charge in [-0.25, -0.2) is 0 Å². The van der Waals surface area contributed by atoms with E-state index in [1.54, 1.807) is 0 Å². The van der Waals surface area contributed by atoms with Crippen molar-refractivity contribution in [3.05, 3.63) is 186 Å². The Balaban J connectivity index is 1.13. The van der Waals surface area contributed by atoms with Gasteiger partial charge in [0.25, 0.3) is 0 Å². The molecule has 2 N–H and O–H groups in total. The molecule has 3 heterocycles. The Morgan fingerprint density at radius 3 is 1.39 bits per heavy atom. The molecule has 5 heteroatoms. The molecule has 0 radical (unpaired) electrons. The van der Waals surface area contributed by atoms with Crippen LogP contribution in [0.4, 0.5) is 0 Å². The van der Waals surface area contributed by atoms with Crippen molar-refractivity contribution in [2.75, 3.05) is 0 Å². The summed E-state index contributed by atoms with van der Waals surface area (Å²) in [5, 5.41) is 29.2. The van der Waals surface area contributed by atoms with E-state index < -0.39 is 0 Å². The fraction of sp³-hybridized carbons (Fsp3) is 0.0612. The van der Waals surface area contributed by atoms with Crippen LogP contribution in [0.1, 0.15) is 35.2 Å². The highest BCUT2D eigenvalue weighted by molar-refractivity contribution is 7.26. The molecule has 1 fully saturated rings. The first-order valence-electron chi connectivity index (χ1n) is 18.6. The van der Waals surface area contributed by atoms with E-state index in [2.05, 4.69) is 174 Å². The standard InChI is InChI=1S/C49H32N3S2/c1-2-15-30-28(13-1)29-14-3-5-17-32(29)44-33-18-6-4-16-31(33)39(27-38(30)44)49-51-47(36-21-11-25-42-45(36)34-19-7-9-23-40(34)53-42)50-48(52-49)37-22-12-26-43-46(37)35-20-8-10-24-41(35)54-43/h1-27,47-51H/q-1. The van der Waals surface area contributed by atoms with Crippen molar-refractivity contribution in [2.45, 2.75) is 18.5 Å². The van der Waals surface area contributed by atoms with Crippen LogP contribution in [-0.2, 0) is 0 Å². The lowest BCUT2D eigenvalue weighted by molar-refractivity contribution is 0.320. The molecular formula is C49H32N3S2-. The predicted molar refractivity (Wildman–Crippen MR) is 233 cm³/mol. The van der Waals surface area contributed by atoms with Crippen LogP contribution in [-0.4, -0.2) is 0 Å². The number of thiophene rings is 2. The van der Waals surface area contributed by atoms with Gasteiger partial charge in [0, 0.05) is 40.3 Å². The third-order valence-corrected chi connectivity index (χ3v) is 13.8. The average Bonchev–Trinajstić information content (AvgIpc) is 3.82. The summed E-state index contributed by atoms with van der Waals surface area (Å²) in [4.78, 5) is 0. The third-order valence-electron chi connectivity index (χ3n) is 11.5. The fourth-order valence-electron chi connectivity index (χ4n) is 9.21. The van der Waals surface area contributed by atoms with Crippen molar-refractivity contribution < 1.29 is 0 Å². The topological polar surface area (TPSA) is 38.2 Å². The summed E-state index contributed by atoms with van der Waals surface area (Å²) in [6, 6.07) is 60.2. The average molecular weight is 727 g/mol. The summed E-state index contributed by atoms with van der Waals surface area (Å²) in [5.74, 6) is 0. The Labute approximate surface area is 319 Å². The Morgan fingerprint density at radius 1 is 0.333 bits per heavy atom. The predicted octanol–water partition coefficient (Wildman–Crippen LogP) is 14.0. The van der Waals surface area contributed by atoms with Gasteiger partial charge in [0.2, 0.25) is 0 Å². The van der Waals surface area contributed by atoms with Crippen LogP contribution in [0.5, 0.6) is 0 Å². The first-order valence-corrected chi connectivity index (χ1v) is 20.2. The zero-order valence-electron chi connectivity index (χ0n) is 29.1. The molecule has 1 saturated heterocycles. The molecule has 12 rings (SSSR count). The minimum atomic E-state index is -0.291. The van der Waals surface area contributed by atoms with Crippen molar-refractivity contribution in [3.63, 3.8) is 0 Å². The van der Waals surface area contributed by atoms with Gasteiger partial charge in [-0.2, -0.15) is 0 Å². The molecular weight excluding hydrogens is 695 g/mol. The van der Waals surface area contributed by atoms with Gasteiger partial charge in [0.05, 0.1) is 6.17 Å². The zero-order valence-corrected chi connectivity index (χ0v) is 30.7. The molecule has 1 aliphatic heterocycles. The van der Waals surface area contributed by atoms with Gasteiger partial charge in [-0.1, -0.05) is 152 Å². The van der Waals surface area contributed by atoms with Crippen molar-refractivity contribution in [3.8, 4) is 0 Å². The lowest BCUT2D eigenvalue weighted by Gasteiger charge is -2.51. The van der Waals surface area contributed by atoms with Gasteiger partial charge < -0.3 is 16.0 Å². The van der Waals surface area contributed by atoms with E-state index in [9.17, 15) is 0 Å². The van der Waals surface area contributed by atoms with E-state index in [-0.39, 0.29) is 18.5 Å². The second-order valence-electron chi connectivity index (χ2n) is 14.4. The Morgan fingerprint density at radius 2 is 0.759 bits per heavy atom. The third kappa shape index (κ3) is 4.51. The molecule has 0 aliphatic carbocycles. The van der Waals surface area contributed by atoms with Crippen molar-refractivity contribution >= 4 is 106 Å². The number of hydrogen-bond acceptors (Lipinski definition) is 4. The fourth-order valence-corrected chi connectivity index (χ4v) is 11.5. The summed E-state index contributed by atoms with van der Waals surface area (Å²) in [5.41, 5.74) is 3.66. The first-order chi connectivity index (χ1) is 26.8. The number of benzene rings is 9. The van der Waals surface area contributed by atoms with Crippen LogP contribution in [0, 0.1) is 0 Å². The SMILES string of the molecule is c1ccc2c(c1)sc1cccc(C3[N-]C(c4cc5c6ccccc6c6ccccc6c5c5ccccc45)NC(c4cccc5sc6ccccc6c45)N3)c12. The van der Waals surface area contributed by atoms with Crippen LogP contribution in [0.25, 0.3) is 88.8 Å². The maximum absolute atomic E-state index is 5.75. The summed E-state index contributed by atoms with van der Waals surface area (Å²) >= 11 is 3.73. The Bertz CT molecular complexity index is 3180. The van der Waals surface area contributed by atoms with Crippen LogP contribution in [0.15, 0.2) is 164 Å². The maximum Gasteiger partial charge on any atom is 0.0821 e. The molecule has 9 aromatic carbocycles. The normalized spacial score (nSPS) is 18.0. The largest absolute Gasteiger partial charge is 0.624 e. The monoisotopic (exact) mass is 726 g/mol. The summed E-state index contributed by atoms with van der Waals surface area (Å²) in [6.07, 6.45) is -0.714. The number of fused-ring (bicyclic) bond motifs is 14. The summed E-state index contributed by atoms with van der Waals surface area (Å²) in [6.45, 7) is 0. The molecule has 0 spiro atoms. The highest BCUT2D eigenvalue weighted by Crippen LogP contribution is 2.48. The van der Waals surface area contributed by atoms with Gasteiger partial charge in [-0.05, 0) is 84.0 Å². The second-order valence-corrected chi connectivity index (χ2v) is 16.6. The zero-order chi connectivity index (χ0) is 35.3. The quantitative estimate of drug-likeness (QED) is 0.178. The van der Waals surface area contributed by atoms with Crippen LogP contribution < -0.4 is 10.6 Å². The van der Waals surface area contributed by atoms with E-state index in [0.29, 0.717) is 0 Å².